The summed E-state index contributed by atoms with van der Waals surface area (Å²) in [5.41, 5.74) is 16.2. The van der Waals surface area contributed by atoms with Gasteiger partial charge in [-0.3, -0.25) is 18.7 Å². The first-order valence-electron chi connectivity index (χ1n) is 45.4. The van der Waals surface area contributed by atoms with Crippen LogP contribution in [0.3, 0.4) is 0 Å². The fourth-order valence-corrected chi connectivity index (χ4v) is 25.3. The number of halogens is 4. The number of aliphatic hydroxyl groups is 4. The summed E-state index contributed by atoms with van der Waals surface area (Å²) in [5.74, 6) is -2.00. The molecule has 12 atom stereocenters. The van der Waals surface area contributed by atoms with Gasteiger partial charge in [0.15, 0.2) is 0 Å². The van der Waals surface area contributed by atoms with E-state index in [1.165, 1.54) is 33.5 Å². The van der Waals surface area contributed by atoms with E-state index in [-0.39, 0.29) is 189 Å². The van der Waals surface area contributed by atoms with Crippen molar-refractivity contribution in [3.8, 4) is 46.0 Å². The lowest BCUT2D eigenvalue weighted by Gasteiger charge is -2.39. The Labute approximate surface area is 800 Å². The van der Waals surface area contributed by atoms with E-state index < -0.39 is 10.0 Å². The Morgan fingerprint density at radius 2 is 0.669 bits per heavy atom. The molecule has 0 saturated carbocycles. The average Bonchev–Trinajstić information content (AvgIpc) is 0.725. The highest BCUT2D eigenvalue weighted by atomic mass is 79.9. The molecule has 26 heteroatoms. The third-order valence-electron chi connectivity index (χ3n) is 28.0. The smallest absolute Gasteiger partial charge is 0.264 e. The Bertz CT molecular complexity index is 5600. The van der Waals surface area contributed by atoms with Gasteiger partial charge in [-0.2, -0.15) is 0 Å². The first-order valence-corrected chi connectivity index (χ1v) is 50.0. The minimum Gasteiger partial charge on any atom is -0.507 e. The minimum atomic E-state index is -3.96. The maximum absolute atomic E-state index is 13.7. The van der Waals surface area contributed by atoms with Gasteiger partial charge < -0.3 is 76.0 Å². The zero-order chi connectivity index (χ0) is 95.4. The van der Waals surface area contributed by atoms with Crippen molar-refractivity contribution < 1.29 is 84.1 Å². The van der Waals surface area contributed by atoms with Gasteiger partial charge >= 0.3 is 0 Å². The van der Waals surface area contributed by atoms with E-state index in [0.29, 0.717) is 152 Å². The molecule has 0 aromatic heterocycles. The first kappa shape index (κ1) is 102. The average molecular weight is 2060 g/mol. The summed E-state index contributed by atoms with van der Waals surface area (Å²) in [5, 5.41) is 130. The van der Waals surface area contributed by atoms with E-state index in [1.807, 2.05) is 73.6 Å². The van der Waals surface area contributed by atoms with Crippen molar-refractivity contribution in [2.45, 2.75) is 238 Å². The molecule has 8 aliphatic rings. The highest BCUT2D eigenvalue weighted by Gasteiger charge is 2.47. The number of aliphatic hydroxyl groups excluding tert-OH is 4. The summed E-state index contributed by atoms with van der Waals surface area (Å²) < 4.78 is 30.3. The number of carbonyl (C=O) groups excluding carboxylic acids is 3. The predicted octanol–water partition coefficient (Wildman–Crippen LogP) is 23.5. The van der Waals surface area contributed by atoms with Crippen LogP contribution in [0.1, 0.15) is 287 Å². The number of amides is 3. The molecule has 12 N–H and O–H groups in total. The number of hydrogen-bond acceptors (Lipinski definition) is 17. The molecule has 0 fully saturated rings. The topological polar surface area (TPSA) is 341 Å². The van der Waals surface area contributed by atoms with Crippen LogP contribution in [0.25, 0.3) is 0 Å². The molecule has 6 aromatic rings. The van der Waals surface area contributed by atoms with Crippen LogP contribution >= 0.6 is 63.7 Å². The Hall–Kier alpha value is -8.44. The monoisotopic (exact) mass is 2050 g/mol. The number of phenols is 8. The number of aromatic hydroxyl groups is 8. The number of rotatable bonds is 20. The molecule has 4 heterocycles. The van der Waals surface area contributed by atoms with Crippen molar-refractivity contribution in [1.82, 2.24) is 0 Å². The molecule has 21 nitrogen and oxygen atoms in total. The fourth-order valence-electron chi connectivity index (χ4n) is 21.1. The van der Waals surface area contributed by atoms with Crippen LogP contribution < -0.4 is 19.0 Å². The standard InChI is InChI=1S/C28H34BrNO5S.C28H32BrNO4.C25H34BrNO4.C23H30BrNO4/c1-16(2)21-10-7-18(4)15-22(21)24-27(32)23-19(12-14-31)11-13-30(26(23)25(29)28(24)33)36(34,35)20-8-5-17(3)6-9-20;1-16(2)20-10-9-17(3)15-21(20)23-26(32)22-18(12-14-31)11-13-30(25(22)24(29)27(23)33)28(34)19-7-5-4-6-8-19;1-13(2)17-7-6-15(5)12-18(17)20-23(29)19-16(9-11-28)8-10-27(25(31)14(3)4)22(19)21(26)24(20)30;1-12(2)16-6-5-13(3)11-17(16)19-22(28)18-15(8-10-26)7-9-25(14(4)27)21(18)20(24)23(19)29/h5-6,8-9,15,19,21-22,31-33H,1,7,10-14H2,2-4H3;4-8,15,18,20-21,31-33H,1,9-14H2,2-3H3;12,14,16-18,28-30H,1,6-11H2,2-5H3;11,15-17,26,28-29H,1,5-10H2,2-4H3/t19-,21-,22+;18-,20-,21+;16-,17-,18+;15-,16-,17+/m0000/s1. The van der Waals surface area contributed by atoms with Crippen molar-refractivity contribution >= 4 is 114 Å². The van der Waals surface area contributed by atoms with Crippen LogP contribution in [-0.2, 0) is 19.6 Å². The highest BCUT2D eigenvalue weighted by molar-refractivity contribution is 9.11. The van der Waals surface area contributed by atoms with Gasteiger partial charge in [-0.1, -0.05) is 145 Å². The van der Waals surface area contributed by atoms with E-state index in [4.69, 9.17) is 0 Å². The third-order valence-corrected chi connectivity index (χ3v) is 32.8. The van der Waals surface area contributed by atoms with Crippen molar-refractivity contribution in [2.75, 3.05) is 71.6 Å². The molecule has 130 heavy (non-hydrogen) atoms. The van der Waals surface area contributed by atoms with Gasteiger partial charge in [-0.05, 0) is 300 Å². The quantitative estimate of drug-likeness (QED) is 0.0316. The van der Waals surface area contributed by atoms with Gasteiger partial charge in [0.1, 0.15) is 46.0 Å². The number of aryl methyl sites for hydroxylation is 1. The zero-order valence-corrected chi connectivity index (χ0v) is 84.1. The van der Waals surface area contributed by atoms with Crippen molar-refractivity contribution in [2.24, 2.45) is 29.6 Å². The second-order valence-electron chi connectivity index (χ2n) is 37.4. The maximum Gasteiger partial charge on any atom is 0.264 e. The number of benzene rings is 6. The molecule has 702 valence electrons. The summed E-state index contributed by atoms with van der Waals surface area (Å²) >= 11 is 14.2. The molecule has 3 amide bonds. The molecule has 4 aliphatic heterocycles. The van der Waals surface area contributed by atoms with E-state index in [9.17, 15) is 84.1 Å². The second kappa shape index (κ2) is 43.3. The number of nitrogens with zero attached hydrogens (tertiary/aromatic N) is 4. The Morgan fingerprint density at radius 3 is 0.977 bits per heavy atom. The van der Waals surface area contributed by atoms with Gasteiger partial charge in [0, 0.05) is 139 Å². The van der Waals surface area contributed by atoms with E-state index in [2.05, 4.69) is 135 Å². The Balaban J connectivity index is 0.000000168. The highest BCUT2D eigenvalue weighted by Crippen LogP contribution is 2.63. The van der Waals surface area contributed by atoms with Crippen LogP contribution in [0.15, 0.2) is 173 Å². The summed E-state index contributed by atoms with van der Waals surface area (Å²) in [7, 11) is -3.96. The molecule has 6 aromatic carbocycles. The summed E-state index contributed by atoms with van der Waals surface area (Å²) in [6.07, 6.45) is 20.0. The lowest BCUT2D eigenvalue weighted by atomic mass is 9.72. The number of hydrogen-bond donors (Lipinski definition) is 12. The Morgan fingerprint density at radius 1 is 0.385 bits per heavy atom. The van der Waals surface area contributed by atoms with Gasteiger partial charge in [-0.25, -0.2) is 8.42 Å². The number of allylic oxidation sites excluding steroid dienone is 12. The fraction of sp³-hybridized carbons (Fsp3) is 0.471. The minimum absolute atomic E-state index is 0.00568. The molecular formula is C104H130Br4N4O17S. The summed E-state index contributed by atoms with van der Waals surface area (Å²) in [6, 6.07) is 15.6. The third kappa shape index (κ3) is 20.6. The lowest BCUT2D eigenvalue weighted by molar-refractivity contribution is -0.121. The van der Waals surface area contributed by atoms with Gasteiger partial charge in [0.2, 0.25) is 11.8 Å². The summed E-state index contributed by atoms with van der Waals surface area (Å²) in [4.78, 5) is 43.7. The second-order valence-corrected chi connectivity index (χ2v) is 42.4. The molecule has 0 bridgehead atoms. The molecule has 0 spiro atoms. The van der Waals surface area contributed by atoms with Crippen molar-refractivity contribution in [3.63, 3.8) is 0 Å². The van der Waals surface area contributed by atoms with Crippen LogP contribution in [-0.4, -0.2) is 140 Å². The number of anilines is 4. The van der Waals surface area contributed by atoms with Crippen LogP contribution in [0, 0.1) is 36.5 Å². The number of phenolic OH excluding ortho intramolecular Hbond substituents is 8. The van der Waals surface area contributed by atoms with Gasteiger partial charge in [0.25, 0.3) is 15.9 Å². The number of sulfonamides is 1. The number of carbonyl (C=O) groups is 3. The molecule has 0 radical (unpaired) electrons. The van der Waals surface area contributed by atoms with Gasteiger partial charge in [-0.15, -0.1) is 0 Å². The van der Waals surface area contributed by atoms with Gasteiger partial charge in [0.05, 0.1) is 45.5 Å². The molecule has 14 rings (SSSR count). The lowest BCUT2D eigenvalue weighted by Crippen LogP contribution is -2.39. The van der Waals surface area contributed by atoms with Crippen LogP contribution in [0.4, 0.5) is 22.7 Å². The van der Waals surface area contributed by atoms with E-state index >= 15 is 0 Å². The predicted molar refractivity (Wildman–Crippen MR) is 531 cm³/mol. The Kier molecular flexibility index (Phi) is 34.0. The molecule has 4 aliphatic carbocycles. The number of fused-ring (bicyclic) bond motifs is 4. The SMILES string of the molecule is C=C(C)[C@@H]1CCC(C)=C[C@H]1c1c(O)c(Br)c2c(c1O)[C@H](CCO)CCN2C(=O)C(C)C.C=C(C)[C@@H]1CCC(C)=C[C@H]1c1c(O)c(Br)c2c(c1O)[C@H](CCO)CCN2C(=O)c1ccccc1.C=C(C)[C@@H]1CCC(C)=C[C@H]1c1c(O)c(Br)c2c(c1O)[C@H](CCO)CCN2C(C)=O.C=C(C)[C@@H]1CCC(C)=C[C@H]1c1c(O)c(Br)c2c(c1O)[C@H](CCO)CCN2S(=O)(=O)c1ccc(C)cc1. The van der Waals surface area contributed by atoms with E-state index in [0.717, 1.165) is 79.2 Å². The molecular weight excluding hydrogens is 1930 g/mol. The molecule has 0 unspecified atom stereocenters. The normalized spacial score (nSPS) is 22.9. The van der Waals surface area contributed by atoms with E-state index in [1.54, 1.807) is 51.1 Å². The maximum atomic E-state index is 13.7. The largest absolute Gasteiger partial charge is 0.507 e. The van der Waals surface area contributed by atoms with Crippen LogP contribution in [0.5, 0.6) is 46.0 Å². The summed E-state index contributed by atoms with van der Waals surface area (Å²) in [6.45, 7) is 41.3. The van der Waals surface area contributed by atoms with Crippen molar-refractivity contribution in [3.05, 3.63) is 223 Å². The van der Waals surface area contributed by atoms with Crippen LogP contribution in [0.2, 0.25) is 0 Å². The zero-order valence-electron chi connectivity index (χ0n) is 76.9. The first-order chi connectivity index (χ1) is 61.5. The van der Waals surface area contributed by atoms with Crippen molar-refractivity contribution in [1.29, 1.82) is 0 Å². The molecule has 0 saturated heterocycles.